The Morgan fingerprint density at radius 2 is 1.83 bits per heavy atom. The van der Waals surface area contributed by atoms with Crippen LogP contribution in [-0.4, -0.2) is 20.0 Å². The lowest BCUT2D eigenvalue weighted by molar-refractivity contribution is -0.384. The van der Waals surface area contributed by atoms with E-state index in [0.29, 0.717) is 12.0 Å². The number of nitro groups is 1. The van der Waals surface area contributed by atoms with Gasteiger partial charge in [0.2, 0.25) is 5.91 Å². The van der Waals surface area contributed by atoms with Gasteiger partial charge in [-0.1, -0.05) is 31.9 Å². The van der Waals surface area contributed by atoms with E-state index in [4.69, 9.17) is 0 Å². The SMILES string of the molecule is C[C@@]1(C(=O)NNC(=O)/C=C/c2ccc([N+](=O)[O-])cc2)CC1(Br)Br. The first kappa shape index (κ1) is 17.6. The summed E-state index contributed by atoms with van der Waals surface area (Å²) in [5.74, 6) is -0.806. The van der Waals surface area contributed by atoms with Crippen molar-refractivity contribution in [1.29, 1.82) is 0 Å². The van der Waals surface area contributed by atoms with Gasteiger partial charge in [0.25, 0.3) is 11.6 Å². The second-order valence-corrected chi connectivity index (χ2v) is 9.11. The van der Waals surface area contributed by atoms with Crippen LogP contribution in [0.2, 0.25) is 0 Å². The molecule has 0 aromatic heterocycles. The van der Waals surface area contributed by atoms with E-state index in [2.05, 4.69) is 42.7 Å². The van der Waals surface area contributed by atoms with Gasteiger partial charge in [-0.15, -0.1) is 0 Å². The molecule has 2 rings (SSSR count). The standard InChI is InChI=1S/C14H13Br2N3O4/c1-13(8-14(13,15)16)12(21)18-17-11(20)7-4-9-2-5-10(6-3-9)19(22)23/h2-7H,8H2,1H3,(H,17,20)(H,18,21)/b7-4+/t13-/m0/s1. The minimum absolute atomic E-state index is 0.0235. The van der Waals surface area contributed by atoms with E-state index in [0.717, 1.165) is 0 Å². The van der Waals surface area contributed by atoms with Gasteiger partial charge in [0.1, 0.15) is 0 Å². The molecule has 1 aliphatic carbocycles. The summed E-state index contributed by atoms with van der Waals surface area (Å²) in [7, 11) is 0. The molecular formula is C14H13Br2N3O4. The number of benzene rings is 1. The summed E-state index contributed by atoms with van der Waals surface area (Å²) in [5.41, 5.74) is 4.64. The summed E-state index contributed by atoms with van der Waals surface area (Å²) in [4.78, 5) is 33.6. The number of halogens is 2. The maximum absolute atomic E-state index is 11.9. The molecule has 0 unspecified atom stereocenters. The lowest BCUT2D eigenvalue weighted by Gasteiger charge is -2.12. The zero-order valence-corrected chi connectivity index (χ0v) is 15.2. The number of rotatable bonds is 4. The highest BCUT2D eigenvalue weighted by molar-refractivity contribution is 9.25. The summed E-state index contributed by atoms with van der Waals surface area (Å²) < 4.78 is -0.434. The number of non-ortho nitro benzene ring substituents is 1. The highest BCUT2D eigenvalue weighted by Gasteiger charge is 2.66. The molecular weight excluding hydrogens is 434 g/mol. The van der Waals surface area contributed by atoms with Crippen molar-refractivity contribution in [3.05, 3.63) is 46.0 Å². The fourth-order valence-corrected chi connectivity index (χ4v) is 3.30. The number of alkyl halides is 2. The van der Waals surface area contributed by atoms with E-state index in [1.165, 1.54) is 36.4 Å². The van der Waals surface area contributed by atoms with Gasteiger partial charge in [0, 0.05) is 18.2 Å². The Morgan fingerprint density at radius 3 is 2.30 bits per heavy atom. The number of nitro benzene ring substituents is 1. The molecule has 23 heavy (non-hydrogen) atoms. The van der Waals surface area contributed by atoms with Crippen molar-refractivity contribution >= 4 is 55.4 Å². The molecule has 0 spiro atoms. The minimum Gasteiger partial charge on any atom is -0.273 e. The van der Waals surface area contributed by atoms with Gasteiger partial charge in [-0.2, -0.15) is 0 Å². The Morgan fingerprint density at radius 1 is 1.26 bits per heavy atom. The molecule has 9 heteroatoms. The molecule has 7 nitrogen and oxygen atoms in total. The second-order valence-electron chi connectivity index (χ2n) is 5.34. The molecule has 0 heterocycles. The second kappa shape index (κ2) is 6.40. The van der Waals surface area contributed by atoms with Crippen LogP contribution < -0.4 is 10.9 Å². The first-order valence-corrected chi connectivity index (χ1v) is 8.15. The van der Waals surface area contributed by atoms with Crippen molar-refractivity contribution in [2.24, 2.45) is 5.41 Å². The monoisotopic (exact) mass is 445 g/mol. The number of amides is 2. The van der Waals surface area contributed by atoms with Gasteiger partial charge >= 0.3 is 0 Å². The van der Waals surface area contributed by atoms with E-state index in [1.54, 1.807) is 6.92 Å². The quantitative estimate of drug-likeness (QED) is 0.321. The van der Waals surface area contributed by atoms with E-state index >= 15 is 0 Å². The van der Waals surface area contributed by atoms with Crippen molar-refractivity contribution in [1.82, 2.24) is 10.9 Å². The Labute approximate surface area is 148 Å². The van der Waals surface area contributed by atoms with Crippen molar-refractivity contribution < 1.29 is 14.5 Å². The molecule has 1 aromatic carbocycles. The van der Waals surface area contributed by atoms with Gasteiger partial charge in [0.05, 0.1) is 13.6 Å². The Hall–Kier alpha value is -1.74. The van der Waals surface area contributed by atoms with Crippen molar-refractivity contribution in [3.63, 3.8) is 0 Å². The molecule has 0 bridgehead atoms. The number of nitrogens with one attached hydrogen (secondary N) is 2. The van der Waals surface area contributed by atoms with Gasteiger partial charge < -0.3 is 0 Å². The summed E-state index contributed by atoms with van der Waals surface area (Å²) >= 11 is 6.75. The number of hydrogen-bond donors (Lipinski definition) is 2. The summed E-state index contributed by atoms with van der Waals surface area (Å²) in [6.45, 7) is 1.77. The van der Waals surface area contributed by atoms with E-state index in [9.17, 15) is 19.7 Å². The van der Waals surface area contributed by atoms with Crippen LogP contribution in [0.15, 0.2) is 30.3 Å². The third-order valence-electron chi connectivity index (χ3n) is 3.59. The highest BCUT2D eigenvalue weighted by atomic mass is 79.9. The first-order chi connectivity index (χ1) is 10.7. The molecule has 2 amide bonds. The molecule has 0 radical (unpaired) electrons. The topological polar surface area (TPSA) is 101 Å². The van der Waals surface area contributed by atoms with Gasteiger partial charge in [-0.3, -0.25) is 30.6 Å². The summed E-state index contributed by atoms with van der Waals surface area (Å²) in [6.07, 6.45) is 3.33. The first-order valence-electron chi connectivity index (χ1n) is 6.56. The lowest BCUT2D eigenvalue weighted by Crippen LogP contribution is -2.45. The zero-order chi connectivity index (χ0) is 17.3. The number of carbonyl (C=O) groups is 2. The third-order valence-corrected chi connectivity index (χ3v) is 5.90. The van der Waals surface area contributed by atoms with E-state index in [-0.39, 0.29) is 11.6 Å². The normalized spacial score (nSPS) is 21.7. The summed E-state index contributed by atoms with van der Waals surface area (Å²) in [6, 6.07) is 5.74. The molecule has 1 aliphatic rings. The van der Waals surface area contributed by atoms with Crippen LogP contribution in [0.4, 0.5) is 5.69 Å². The van der Waals surface area contributed by atoms with Crippen molar-refractivity contribution in [2.45, 2.75) is 16.6 Å². The van der Waals surface area contributed by atoms with E-state index in [1.807, 2.05) is 0 Å². The van der Waals surface area contributed by atoms with Crippen LogP contribution in [0, 0.1) is 15.5 Å². The molecule has 1 saturated carbocycles. The van der Waals surface area contributed by atoms with Gasteiger partial charge in [-0.05, 0) is 37.1 Å². The number of nitrogens with zero attached hydrogens (tertiary/aromatic N) is 1. The van der Waals surface area contributed by atoms with Gasteiger partial charge in [0.15, 0.2) is 0 Å². The molecule has 2 N–H and O–H groups in total. The molecule has 1 atom stereocenters. The van der Waals surface area contributed by atoms with Crippen molar-refractivity contribution in [3.8, 4) is 0 Å². The van der Waals surface area contributed by atoms with Crippen LogP contribution in [0.3, 0.4) is 0 Å². The average molecular weight is 447 g/mol. The number of hydrazine groups is 1. The number of carbonyl (C=O) groups excluding carboxylic acids is 2. The lowest BCUT2D eigenvalue weighted by atomic mass is 10.1. The van der Waals surface area contributed by atoms with E-state index < -0.39 is 19.5 Å². The highest BCUT2D eigenvalue weighted by Crippen LogP contribution is 2.66. The van der Waals surface area contributed by atoms with Crippen LogP contribution >= 0.6 is 31.9 Å². The fraction of sp³-hybridized carbons (Fsp3) is 0.286. The Bertz CT molecular complexity index is 688. The maximum atomic E-state index is 11.9. The molecule has 122 valence electrons. The third kappa shape index (κ3) is 3.97. The molecule has 1 aromatic rings. The predicted octanol–water partition coefficient (Wildman–Crippen LogP) is 2.65. The fourth-order valence-electron chi connectivity index (χ4n) is 1.82. The van der Waals surface area contributed by atoms with Crippen molar-refractivity contribution in [2.75, 3.05) is 0 Å². The predicted molar refractivity (Wildman–Crippen MR) is 91.7 cm³/mol. The average Bonchev–Trinajstić information content (AvgIpc) is 3.02. The number of hydrogen-bond acceptors (Lipinski definition) is 4. The largest absolute Gasteiger partial charge is 0.273 e. The van der Waals surface area contributed by atoms with Crippen LogP contribution in [0.25, 0.3) is 6.08 Å². The molecule has 0 saturated heterocycles. The van der Waals surface area contributed by atoms with Crippen LogP contribution in [0.1, 0.15) is 18.9 Å². The maximum Gasteiger partial charge on any atom is 0.269 e. The minimum atomic E-state index is -0.623. The Kier molecular flexibility index (Phi) is 4.90. The molecule has 0 aliphatic heterocycles. The van der Waals surface area contributed by atoms with Gasteiger partial charge in [-0.25, -0.2) is 0 Å². The van der Waals surface area contributed by atoms with Crippen LogP contribution in [-0.2, 0) is 9.59 Å². The Balaban J connectivity index is 1.85. The smallest absolute Gasteiger partial charge is 0.269 e. The zero-order valence-electron chi connectivity index (χ0n) is 12.0. The summed E-state index contributed by atoms with van der Waals surface area (Å²) in [5, 5.41) is 10.5. The van der Waals surface area contributed by atoms with Crippen LogP contribution in [0.5, 0.6) is 0 Å². The molecule has 1 fully saturated rings.